The highest BCUT2D eigenvalue weighted by Crippen LogP contribution is 2.22. The van der Waals surface area contributed by atoms with Crippen LogP contribution in [0.15, 0.2) is 30.3 Å². The highest BCUT2D eigenvalue weighted by atomic mass is 35.5. The van der Waals surface area contributed by atoms with E-state index in [4.69, 9.17) is 11.6 Å². The van der Waals surface area contributed by atoms with Crippen LogP contribution in [0.1, 0.15) is 37.9 Å². The highest BCUT2D eigenvalue weighted by Gasteiger charge is 2.20. The van der Waals surface area contributed by atoms with E-state index in [1.54, 1.807) is 0 Å². The maximum atomic E-state index is 9.89. The minimum atomic E-state index is -0.656. The van der Waals surface area contributed by atoms with E-state index in [1.165, 1.54) is 0 Å². The third-order valence-electron chi connectivity index (χ3n) is 2.63. The van der Waals surface area contributed by atoms with E-state index in [0.717, 1.165) is 18.4 Å². The second kappa shape index (κ2) is 6.89. The Morgan fingerprint density at radius 2 is 1.81 bits per heavy atom. The van der Waals surface area contributed by atoms with E-state index in [9.17, 15) is 10.2 Å². The van der Waals surface area contributed by atoms with Gasteiger partial charge in [-0.15, -0.1) is 11.6 Å². The topological polar surface area (TPSA) is 40.5 Å². The van der Waals surface area contributed by atoms with Gasteiger partial charge in [0.2, 0.25) is 0 Å². The van der Waals surface area contributed by atoms with Crippen LogP contribution in [-0.2, 0) is 0 Å². The van der Waals surface area contributed by atoms with Crippen molar-refractivity contribution >= 4 is 11.6 Å². The molecule has 0 aromatic heterocycles. The molecule has 0 bridgehead atoms. The van der Waals surface area contributed by atoms with E-state index in [0.29, 0.717) is 0 Å². The summed E-state index contributed by atoms with van der Waals surface area (Å²) >= 11 is 6.00. The van der Waals surface area contributed by atoms with Crippen molar-refractivity contribution in [1.29, 1.82) is 0 Å². The van der Waals surface area contributed by atoms with Gasteiger partial charge >= 0.3 is 0 Å². The van der Waals surface area contributed by atoms with Crippen LogP contribution in [0.25, 0.3) is 0 Å². The molecule has 0 unspecified atom stereocenters. The average molecular weight is 243 g/mol. The number of benzene rings is 1. The zero-order valence-corrected chi connectivity index (χ0v) is 10.3. The van der Waals surface area contributed by atoms with Gasteiger partial charge in [-0.05, 0) is 12.0 Å². The first kappa shape index (κ1) is 13.5. The van der Waals surface area contributed by atoms with Gasteiger partial charge in [-0.25, -0.2) is 0 Å². The Labute approximate surface area is 102 Å². The Kier molecular flexibility index (Phi) is 5.81. The lowest BCUT2D eigenvalue weighted by molar-refractivity contribution is 0.0764. The summed E-state index contributed by atoms with van der Waals surface area (Å²) in [6, 6.07) is 9.33. The highest BCUT2D eigenvalue weighted by molar-refractivity contribution is 6.21. The van der Waals surface area contributed by atoms with Crippen molar-refractivity contribution < 1.29 is 10.2 Å². The van der Waals surface area contributed by atoms with Crippen LogP contribution in [0.2, 0.25) is 0 Å². The summed E-state index contributed by atoms with van der Waals surface area (Å²) in [4.78, 5) is 0. The largest absolute Gasteiger partial charge is 0.391 e. The number of halogens is 1. The molecule has 0 aliphatic carbocycles. The van der Waals surface area contributed by atoms with Crippen LogP contribution >= 0.6 is 11.6 Å². The monoisotopic (exact) mass is 242 g/mol. The molecule has 0 radical (unpaired) electrons. The molecule has 90 valence electrons. The summed E-state index contributed by atoms with van der Waals surface area (Å²) in [6.45, 7) is 2.02. The van der Waals surface area contributed by atoms with Gasteiger partial charge in [0.1, 0.15) is 0 Å². The van der Waals surface area contributed by atoms with Crippen LogP contribution in [0.5, 0.6) is 0 Å². The second-order valence-corrected chi connectivity index (χ2v) is 4.59. The summed E-state index contributed by atoms with van der Waals surface area (Å²) in [7, 11) is 0. The molecule has 0 fully saturated rings. The Balaban J connectivity index is 2.48. The van der Waals surface area contributed by atoms with Crippen molar-refractivity contribution in [2.75, 3.05) is 0 Å². The van der Waals surface area contributed by atoms with Gasteiger partial charge in [-0.2, -0.15) is 0 Å². The summed E-state index contributed by atoms with van der Waals surface area (Å²) in [5, 5.41) is 19.4. The van der Waals surface area contributed by atoms with Crippen LogP contribution in [-0.4, -0.2) is 21.7 Å². The van der Waals surface area contributed by atoms with E-state index >= 15 is 0 Å². The van der Waals surface area contributed by atoms with Crippen LogP contribution in [0, 0.1) is 0 Å². The summed E-state index contributed by atoms with van der Waals surface area (Å²) in [5.41, 5.74) is 0.821. The standard InChI is InChI=1S/C13H19ClO2/c1-2-6-11(14)13(16)9-12(15)10-7-4-3-5-8-10/h3-5,7-8,11-13,15-16H,2,6,9H2,1H3/t11-,12-,13+/m0/s1. The summed E-state index contributed by atoms with van der Waals surface area (Å²) in [6.07, 6.45) is 0.695. The first-order valence-electron chi connectivity index (χ1n) is 5.70. The third-order valence-corrected chi connectivity index (χ3v) is 3.14. The van der Waals surface area contributed by atoms with Crippen molar-refractivity contribution in [2.45, 2.75) is 43.8 Å². The third kappa shape index (κ3) is 4.12. The summed E-state index contributed by atoms with van der Waals surface area (Å²) in [5.74, 6) is 0. The van der Waals surface area contributed by atoms with Crippen molar-refractivity contribution in [1.82, 2.24) is 0 Å². The SMILES string of the molecule is CCC[C@H](Cl)[C@H](O)C[C@H](O)c1ccccc1. The quantitative estimate of drug-likeness (QED) is 0.753. The maximum absolute atomic E-state index is 9.89. The lowest BCUT2D eigenvalue weighted by Crippen LogP contribution is -2.23. The van der Waals surface area contributed by atoms with Crippen molar-refractivity contribution in [2.24, 2.45) is 0 Å². The fraction of sp³-hybridized carbons (Fsp3) is 0.538. The molecule has 2 N–H and O–H groups in total. The number of rotatable bonds is 6. The second-order valence-electron chi connectivity index (χ2n) is 4.03. The molecule has 3 heteroatoms. The molecule has 0 amide bonds. The predicted molar refractivity (Wildman–Crippen MR) is 66.6 cm³/mol. The van der Waals surface area contributed by atoms with Gasteiger partial charge in [0.05, 0.1) is 17.6 Å². The first-order chi connectivity index (χ1) is 7.65. The van der Waals surface area contributed by atoms with Crippen LogP contribution < -0.4 is 0 Å². The molecule has 1 rings (SSSR count). The fourth-order valence-electron chi connectivity index (χ4n) is 1.66. The molecule has 1 aromatic rings. The fourth-order valence-corrected chi connectivity index (χ4v) is 1.98. The van der Waals surface area contributed by atoms with E-state index < -0.39 is 12.2 Å². The molecule has 3 atom stereocenters. The van der Waals surface area contributed by atoms with Gasteiger partial charge in [-0.1, -0.05) is 43.7 Å². The van der Waals surface area contributed by atoms with E-state index in [2.05, 4.69) is 0 Å². The van der Waals surface area contributed by atoms with Gasteiger partial charge < -0.3 is 10.2 Å². The van der Waals surface area contributed by atoms with Crippen molar-refractivity contribution in [3.05, 3.63) is 35.9 Å². The molecule has 0 aliphatic rings. The molecular formula is C13H19ClO2. The Morgan fingerprint density at radius 1 is 1.19 bits per heavy atom. The number of aliphatic hydroxyl groups excluding tert-OH is 2. The van der Waals surface area contributed by atoms with E-state index in [-0.39, 0.29) is 11.8 Å². The maximum Gasteiger partial charge on any atom is 0.0815 e. The summed E-state index contributed by atoms with van der Waals surface area (Å²) < 4.78 is 0. The molecule has 0 saturated carbocycles. The molecule has 1 aromatic carbocycles. The number of aliphatic hydroxyl groups is 2. The normalized spacial score (nSPS) is 16.8. The average Bonchev–Trinajstić information content (AvgIpc) is 2.30. The van der Waals surface area contributed by atoms with Crippen molar-refractivity contribution in [3.8, 4) is 0 Å². The van der Waals surface area contributed by atoms with Crippen LogP contribution in [0.3, 0.4) is 0 Å². The van der Waals surface area contributed by atoms with Gasteiger partial charge in [0.25, 0.3) is 0 Å². The molecular weight excluding hydrogens is 224 g/mol. The zero-order chi connectivity index (χ0) is 12.0. The number of alkyl halides is 1. The molecule has 0 aliphatic heterocycles. The van der Waals surface area contributed by atoms with Crippen molar-refractivity contribution in [3.63, 3.8) is 0 Å². The Hall–Kier alpha value is -0.570. The first-order valence-corrected chi connectivity index (χ1v) is 6.14. The molecule has 16 heavy (non-hydrogen) atoms. The molecule has 0 saturated heterocycles. The van der Waals surface area contributed by atoms with Gasteiger partial charge in [0.15, 0.2) is 0 Å². The zero-order valence-electron chi connectivity index (χ0n) is 9.51. The Morgan fingerprint density at radius 3 is 2.38 bits per heavy atom. The smallest absolute Gasteiger partial charge is 0.0815 e. The minimum absolute atomic E-state index is 0.275. The predicted octanol–water partition coefficient (Wildman–Crippen LogP) is 2.88. The molecule has 0 heterocycles. The lowest BCUT2D eigenvalue weighted by atomic mass is 10.0. The van der Waals surface area contributed by atoms with Gasteiger partial charge in [0, 0.05) is 6.42 Å². The Bertz CT molecular complexity index is 289. The van der Waals surface area contributed by atoms with Crippen LogP contribution in [0.4, 0.5) is 0 Å². The van der Waals surface area contributed by atoms with Gasteiger partial charge in [-0.3, -0.25) is 0 Å². The lowest BCUT2D eigenvalue weighted by Gasteiger charge is -2.19. The van der Waals surface area contributed by atoms with E-state index in [1.807, 2.05) is 37.3 Å². The minimum Gasteiger partial charge on any atom is -0.391 e. The molecule has 2 nitrogen and oxygen atoms in total. The molecule has 0 spiro atoms. The number of hydrogen-bond donors (Lipinski definition) is 2. The number of hydrogen-bond acceptors (Lipinski definition) is 2.